The molecule has 0 aliphatic rings. The van der Waals surface area contributed by atoms with Crippen molar-refractivity contribution < 1.29 is 9.53 Å². The minimum atomic E-state index is -0.152. The lowest BCUT2D eigenvalue weighted by Gasteiger charge is -2.13. The number of ether oxygens (including phenoxy) is 1. The van der Waals surface area contributed by atoms with E-state index < -0.39 is 0 Å². The number of hydrogen-bond donors (Lipinski definition) is 0. The van der Waals surface area contributed by atoms with Crippen molar-refractivity contribution >= 4 is 44.9 Å². The van der Waals surface area contributed by atoms with Crippen molar-refractivity contribution in [1.29, 1.82) is 0 Å². The van der Waals surface area contributed by atoms with Crippen LogP contribution in [0.1, 0.15) is 28.8 Å². The number of carbonyl (C=O) groups is 1. The van der Waals surface area contributed by atoms with Gasteiger partial charge in [0.05, 0.1) is 17.2 Å². The summed E-state index contributed by atoms with van der Waals surface area (Å²) in [6.45, 7) is 0.502. The van der Waals surface area contributed by atoms with Gasteiger partial charge in [-0.25, -0.2) is 0 Å². The monoisotopic (exact) mass is 400 g/mol. The van der Waals surface area contributed by atoms with Crippen LogP contribution < -0.4 is 4.74 Å². The molecule has 0 unspecified atom stereocenters. The van der Waals surface area contributed by atoms with Gasteiger partial charge in [0.15, 0.2) is 5.78 Å². The molecule has 0 spiro atoms. The molecule has 2 aromatic rings. The molecule has 2 aromatic carbocycles. The first kappa shape index (κ1) is 17.3. The summed E-state index contributed by atoms with van der Waals surface area (Å²) in [4.78, 5) is 12.7. The molecular weight excluding hydrogens is 387 g/mol. The average molecular weight is 402 g/mol. The zero-order valence-electron chi connectivity index (χ0n) is 11.8. The number of hydrogen-bond acceptors (Lipinski definition) is 2. The summed E-state index contributed by atoms with van der Waals surface area (Å²) in [6, 6.07) is 12.2. The predicted molar refractivity (Wildman–Crippen MR) is 94.9 cm³/mol. The first-order valence-corrected chi connectivity index (χ1v) is 8.78. The average Bonchev–Trinajstić information content (AvgIpc) is 2.53. The van der Waals surface area contributed by atoms with Gasteiger partial charge in [-0.05, 0) is 25.0 Å². The van der Waals surface area contributed by atoms with Gasteiger partial charge in [0.25, 0.3) is 0 Å². The molecule has 0 atom stereocenters. The summed E-state index contributed by atoms with van der Waals surface area (Å²) in [5.74, 6) is 0.245. The van der Waals surface area contributed by atoms with Gasteiger partial charge in [-0.15, -0.1) is 0 Å². The van der Waals surface area contributed by atoms with E-state index in [0.717, 1.165) is 18.2 Å². The summed E-state index contributed by atoms with van der Waals surface area (Å²) in [6.07, 6.45) is 1.87. The Morgan fingerprint density at radius 1 is 1.09 bits per heavy atom. The van der Waals surface area contributed by atoms with Crippen molar-refractivity contribution in [3.63, 3.8) is 0 Å². The number of ketones is 1. The molecule has 22 heavy (non-hydrogen) atoms. The van der Waals surface area contributed by atoms with Crippen molar-refractivity contribution in [1.82, 2.24) is 0 Å². The van der Waals surface area contributed by atoms with Crippen LogP contribution in [0.4, 0.5) is 0 Å². The lowest BCUT2D eigenvalue weighted by molar-refractivity contribution is 0.103. The third-order valence-electron chi connectivity index (χ3n) is 3.06. The quantitative estimate of drug-likeness (QED) is 0.334. The zero-order valence-corrected chi connectivity index (χ0v) is 14.9. The topological polar surface area (TPSA) is 26.3 Å². The summed E-state index contributed by atoms with van der Waals surface area (Å²) in [7, 11) is 0. The molecule has 116 valence electrons. The van der Waals surface area contributed by atoms with E-state index >= 15 is 0 Å². The normalized spacial score (nSPS) is 10.5. The molecule has 0 amide bonds. The molecule has 0 radical (unpaired) electrons. The van der Waals surface area contributed by atoms with Crippen LogP contribution >= 0.6 is 39.1 Å². The highest BCUT2D eigenvalue weighted by molar-refractivity contribution is 9.09. The van der Waals surface area contributed by atoms with Crippen LogP contribution in [0.25, 0.3) is 0 Å². The lowest BCUT2D eigenvalue weighted by Crippen LogP contribution is -2.07. The van der Waals surface area contributed by atoms with Crippen LogP contribution in [-0.2, 0) is 0 Å². The highest BCUT2D eigenvalue weighted by Gasteiger charge is 2.18. The summed E-state index contributed by atoms with van der Waals surface area (Å²) < 4.78 is 5.74. The molecule has 0 N–H and O–H groups in total. The number of alkyl halides is 1. The molecule has 0 aliphatic carbocycles. The number of halogens is 3. The molecule has 0 aliphatic heterocycles. The van der Waals surface area contributed by atoms with Gasteiger partial charge < -0.3 is 4.74 Å². The molecule has 0 fully saturated rings. The van der Waals surface area contributed by atoms with Crippen LogP contribution in [0.3, 0.4) is 0 Å². The van der Waals surface area contributed by atoms with Gasteiger partial charge in [0, 0.05) is 15.9 Å². The molecule has 5 heteroatoms. The van der Waals surface area contributed by atoms with Crippen LogP contribution in [-0.4, -0.2) is 17.7 Å². The van der Waals surface area contributed by atoms with Crippen molar-refractivity contribution in [2.24, 2.45) is 0 Å². The Balaban J connectivity index is 2.30. The Morgan fingerprint density at radius 3 is 2.50 bits per heavy atom. The molecule has 0 aromatic heterocycles. The fourth-order valence-corrected chi connectivity index (χ4v) is 2.94. The Kier molecular flexibility index (Phi) is 6.74. The Morgan fingerprint density at radius 2 is 1.82 bits per heavy atom. The van der Waals surface area contributed by atoms with Crippen LogP contribution in [0.5, 0.6) is 5.75 Å². The Labute approximate surface area is 148 Å². The van der Waals surface area contributed by atoms with Crippen LogP contribution in [0.2, 0.25) is 10.0 Å². The van der Waals surface area contributed by atoms with Crippen molar-refractivity contribution in [3.05, 3.63) is 63.6 Å². The van der Waals surface area contributed by atoms with E-state index in [-0.39, 0.29) is 5.78 Å². The second-order valence-electron chi connectivity index (χ2n) is 4.70. The first-order valence-electron chi connectivity index (χ1n) is 6.91. The molecule has 0 bridgehead atoms. The second-order valence-corrected chi connectivity index (χ2v) is 6.34. The van der Waals surface area contributed by atoms with Gasteiger partial charge in [-0.1, -0.05) is 69.5 Å². The summed E-state index contributed by atoms with van der Waals surface area (Å²) >= 11 is 15.6. The number of rotatable bonds is 7. The fourth-order valence-electron chi connectivity index (χ4n) is 1.99. The van der Waals surface area contributed by atoms with E-state index in [2.05, 4.69) is 15.9 Å². The number of carbonyl (C=O) groups excluding carboxylic acids is 1. The van der Waals surface area contributed by atoms with E-state index in [9.17, 15) is 4.79 Å². The Hall–Kier alpha value is -1.03. The highest BCUT2D eigenvalue weighted by Crippen LogP contribution is 2.34. The van der Waals surface area contributed by atoms with E-state index in [1.807, 2.05) is 18.2 Å². The maximum Gasteiger partial charge on any atom is 0.196 e. The minimum absolute atomic E-state index is 0.152. The van der Waals surface area contributed by atoms with Crippen molar-refractivity contribution in [3.8, 4) is 5.75 Å². The summed E-state index contributed by atoms with van der Waals surface area (Å²) in [5.41, 5.74) is 0.966. The lowest BCUT2D eigenvalue weighted by atomic mass is 10.0. The first-order chi connectivity index (χ1) is 10.6. The van der Waals surface area contributed by atoms with Crippen molar-refractivity contribution in [2.45, 2.75) is 12.8 Å². The third kappa shape index (κ3) is 4.48. The number of unbranched alkanes of at least 4 members (excludes halogenated alkanes) is 1. The van der Waals surface area contributed by atoms with E-state index in [0.29, 0.717) is 33.5 Å². The Bertz CT molecular complexity index is 645. The zero-order chi connectivity index (χ0) is 15.9. The van der Waals surface area contributed by atoms with Crippen LogP contribution in [0, 0.1) is 0 Å². The van der Waals surface area contributed by atoms with Gasteiger partial charge in [0.1, 0.15) is 5.75 Å². The van der Waals surface area contributed by atoms with E-state index in [1.165, 1.54) is 0 Å². The van der Waals surface area contributed by atoms with E-state index in [1.54, 1.807) is 24.3 Å². The molecule has 0 saturated carbocycles. The molecular formula is C17H15BrCl2O2. The molecule has 0 saturated heterocycles. The standard InChI is InChI=1S/C17H15BrCl2O2/c18-8-4-5-9-22-17-14(10-13(19)11-15(17)20)16(21)12-6-2-1-3-7-12/h1-3,6-7,10-11H,4-5,8-9H2. The largest absolute Gasteiger partial charge is 0.491 e. The second kappa shape index (κ2) is 8.56. The SMILES string of the molecule is O=C(c1ccccc1)c1cc(Cl)cc(Cl)c1OCCCCBr. The highest BCUT2D eigenvalue weighted by atomic mass is 79.9. The smallest absolute Gasteiger partial charge is 0.196 e. The van der Waals surface area contributed by atoms with E-state index in [4.69, 9.17) is 27.9 Å². The third-order valence-corrected chi connectivity index (χ3v) is 4.12. The maximum absolute atomic E-state index is 12.7. The summed E-state index contributed by atoms with van der Waals surface area (Å²) in [5, 5.41) is 1.68. The van der Waals surface area contributed by atoms with Crippen molar-refractivity contribution in [2.75, 3.05) is 11.9 Å². The maximum atomic E-state index is 12.7. The number of benzene rings is 2. The van der Waals surface area contributed by atoms with Gasteiger partial charge >= 0.3 is 0 Å². The molecule has 2 nitrogen and oxygen atoms in total. The van der Waals surface area contributed by atoms with Crippen LogP contribution in [0.15, 0.2) is 42.5 Å². The predicted octanol–water partition coefficient (Wildman–Crippen LogP) is 5.78. The van der Waals surface area contributed by atoms with Gasteiger partial charge in [-0.2, -0.15) is 0 Å². The molecule has 2 rings (SSSR count). The van der Waals surface area contributed by atoms with Gasteiger partial charge in [-0.3, -0.25) is 4.79 Å². The minimum Gasteiger partial charge on any atom is -0.491 e. The fraction of sp³-hybridized carbons (Fsp3) is 0.235. The van der Waals surface area contributed by atoms with Gasteiger partial charge in [0.2, 0.25) is 0 Å². The molecule has 0 heterocycles.